The van der Waals surface area contributed by atoms with Gasteiger partial charge in [-0.1, -0.05) is 72.8 Å². The molecule has 0 radical (unpaired) electrons. The van der Waals surface area contributed by atoms with E-state index in [9.17, 15) is 4.79 Å². The summed E-state index contributed by atoms with van der Waals surface area (Å²) in [6.45, 7) is 7.01. The second kappa shape index (κ2) is 11.8. The molecule has 4 aromatic carbocycles. The van der Waals surface area contributed by atoms with Crippen molar-refractivity contribution in [2.75, 3.05) is 6.54 Å². The summed E-state index contributed by atoms with van der Waals surface area (Å²) >= 11 is 0. The topological polar surface area (TPSA) is 29.5 Å². The molecule has 4 aromatic rings. The van der Waals surface area contributed by atoms with E-state index in [0.717, 1.165) is 12.6 Å². The van der Waals surface area contributed by atoms with Gasteiger partial charge in [-0.2, -0.15) is 0 Å². The van der Waals surface area contributed by atoms with E-state index in [-0.39, 0.29) is 23.1 Å². The molecule has 196 valence electrons. The Labute approximate surface area is 238 Å². The SMILES string of the molecule is CC(C)(C)OC(=O)N1CCc2c(cccc2C[P+](c2ccccc2)(c2ccccc2)c2ccccc2)C1.[Br-]. The molecule has 0 N–H and O–H groups in total. The Balaban J connectivity index is 0.00000336. The molecule has 0 saturated heterocycles. The van der Waals surface area contributed by atoms with Crippen molar-refractivity contribution in [3.05, 3.63) is 126 Å². The number of halogens is 1. The van der Waals surface area contributed by atoms with Crippen LogP contribution in [0.5, 0.6) is 0 Å². The van der Waals surface area contributed by atoms with Crippen molar-refractivity contribution in [2.45, 2.75) is 45.5 Å². The fraction of sp³-hybridized carbons (Fsp3) is 0.242. The van der Waals surface area contributed by atoms with Crippen molar-refractivity contribution in [2.24, 2.45) is 0 Å². The molecule has 5 heteroatoms. The van der Waals surface area contributed by atoms with Gasteiger partial charge >= 0.3 is 6.09 Å². The van der Waals surface area contributed by atoms with E-state index in [1.807, 2.05) is 25.7 Å². The minimum atomic E-state index is -1.99. The highest BCUT2D eigenvalue weighted by molar-refractivity contribution is 7.95. The molecule has 0 fully saturated rings. The average Bonchev–Trinajstić information content (AvgIpc) is 2.92. The third-order valence-corrected chi connectivity index (χ3v) is 11.4. The van der Waals surface area contributed by atoms with E-state index >= 15 is 0 Å². The van der Waals surface area contributed by atoms with E-state index in [1.165, 1.54) is 32.6 Å². The Morgan fingerprint density at radius 2 is 1.26 bits per heavy atom. The molecule has 1 aliphatic heterocycles. The summed E-state index contributed by atoms with van der Waals surface area (Å²) < 4.78 is 5.67. The van der Waals surface area contributed by atoms with Gasteiger partial charge in [0.1, 0.15) is 28.8 Å². The van der Waals surface area contributed by atoms with E-state index < -0.39 is 12.9 Å². The minimum absolute atomic E-state index is 0. The molecule has 0 atom stereocenters. The van der Waals surface area contributed by atoms with Crippen LogP contribution in [0.15, 0.2) is 109 Å². The first-order valence-corrected chi connectivity index (χ1v) is 15.0. The fourth-order valence-electron chi connectivity index (χ4n) is 5.34. The van der Waals surface area contributed by atoms with Crippen LogP contribution in [0, 0.1) is 0 Å². The predicted octanol–water partition coefficient (Wildman–Crippen LogP) is 3.48. The largest absolute Gasteiger partial charge is 1.00 e. The Bertz CT molecular complexity index is 1260. The maximum absolute atomic E-state index is 12.8. The molecule has 1 heterocycles. The number of amides is 1. The lowest BCUT2D eigenvalue weighted by Gasteiger charge is -2.33. The smallest absolute Gasteiger partial charge is 0.410 e. The summed E-state index contributed by atoms with van der Waals surface area (Å²) in [5.41, 5.74) is 3.49. The second-order valence-electron chi connectivity index (χ2n) is 10.7. The molecule has 1 amide bonds. The molecule has 1 aliphatic rings. The predicted molar refractivity (Wildman–Crippen MR) is 156 cm³/mol. The van der Waals surface area contributed by atoms with Gasteiger partial charge in [-0.15, -0.1) is 0 Å². The summed E-state index contributed by atoms with van der Waals surface area (Å²) in [5.74, 6) is 0. The third-order valence-electron chi connectivity index (χ3n) is 7.01. The third kappa shape index (κ3) is 5.87. The molecular weight excluding hydrogens is 553 g/mol. The zero-order chi connectivity index (χ0) is 25.9. The fourth-order valence-corrected chi connectivity index (χ4v) is 9.64. The van der Waals surface area contributed by atoms with Crippen LogP contribution in [-0.4, -0.2) is 23.1 Å². The first-order chi connectivity index (χ1) is 17.9. The number of hydrogen-bond donors (Lipinski definition) is 0. The maximum Gasteiger partial charge on any atom is 0.410 e. The van der Waals surface area contributed by atoms with Crippen LogP contribution in [0.1, 0.15) is 37.5 Å². The molecule has 0 aliphatic carbocycles. The Kier molecular flexibility index (Phi) is 8.75. The normalized spacial score (nSPS) is 13.3. The van der Waals surface area contributed by atoms with Gasteiger partial charge in [0.15, 0.2) is 0 Å². The van der Waals surface area contributed by atoms with Gasteiger partial charge in [-0.05, 0) is 80.3 Å². The summed E-state index contributed by atoms with van der Waals surface area (Å²) in [6, 6.07) is 39.7. The Morgan fingerprint density at radius 3 is 1.74 bits per heavy atom. The van der Waals surface area contributed by atoms with Gasteiger partial charge in [0, 0.05) is 13.1 Å². The standard InChI is InChI=1S/C33H35NO2P.BrH/c1-33(2,3)36-32(35)34-23-22-31-26(24-34)14-13-15-27(31)25-37(28-16-7-4-8-17-28,29-18-9-5-10-19-29)30-20-11-6-12-21-30;/h4-21H,22-25H2,1-3H3;1H/q+1;/p-1. The van der Waals surface area contributed by atoms with Crippen molar-refractivity contribution in [3.63, 3.8) is 0 Å². The van der Waals surface area contributed by atoms with Crippen molar-refractivity contribution < 1.29 is 26.5 Å². The number of hydrogen-bond acceptors (Lipinski definition) is 2. The highest BCUT2D eigenvalue weighted by atomic mass is 79.9. The lowest BCUT2D eigenvalue weighted by molar-refractivity contribution is -0.0000523. The molecule has 0 unspecified atom stereocenters. The van der Waals surface area contributed by atoms with Crippen molar-refractivity contribution in [3.8, 4) is 0 Å². The summed E-state index contributed by atoms with van der Waals surface area (Å²) in [4.78, 5) is 14.6. The molecule has 3 nitrogen and oxygen atoms in total. The van der Waals surface area contributed by atoms with E-state index in [4.69, 9.17) is 4.74 Å². The molecule has 0 bridgehead atoms. The molecule has 0 aromatic heterocycles. The van der Waals surface area contributed by atoms with Crippen LogP contribution in [0.4, 0.5) is 4.79 Å². The first-order valence-electron chi connectivity index (χ1n) is 13.0. The van der Waals surface area contributed by atoms with Gasteiger partial charge in [-0.3, -0.25) is 0 Å². The first kappa shape index (κ1) is 28.1. The number of nitrogens with zero attached hydrogens (tertiary/aromatic N) is 1. The zero-order valence-corrected chi connectivity index (χ0v) is 24.8. The molecule has 38 heavy (non-hydrogen) atoms. The van der Waals surface area contributed by atoms with Gasteiger partial charge < -0.3 is 26.6 Å². The van der Waals surface area contributed by atoms with Crippen LogP contribution < -0.4 is 32.9 Å². The lowest BCUT2D eigenvalue weighted by atomic mass is 9.95. The number of carbonyl (C=O) groups excluding carboxylic acids is 1. The number of benzene rings is 4. The van der Waals surface area contributed by atoms with E-state index in [1.54, 1.807) is 0 Å². The Morgan fingerprint density at radius 1 is 0.763 bits per heavy atom. The lowest BCUT2D eigenvalue weighted by Crippen LogP contribution is -3.00. The van der Waals surface area contributed by atoms with Crippen LogP contribution in [0.25, 0.3) is 0 Å². The van der Waals surface area contributed by atoms with Crippen LogP contribution in [-0.2, 0) is 23.9 Å². The highest BCUT2D eigenvalue weighted by Gasteiger charge is 2.46. The number of rotatable bonds is 5. The zero-order valence-electron chi connectivity index (χ0n) is 22.3. The molecule has 5 rings (SSSR count). The van der Waals surface area contributed by atoms with Gasteiger partial charge in [0.25, 0.3) is 0 Å². The molecule has 0 spiro atoms. The number of ether oxygens (including phenoxy) is 1. The second-order valence-corrected chi connectivity index (χ2v) is 14.2. The van der Waals surface area contributed by atoms with E-state index in [0.29, 0.717) is 13.1 Å². The Hall–Kier alpha value is -2.94. The van der Waals surface area contributed by atoms with Gasteiger partial charge in [-0.25, -0.2) is 4.79 Å². The highest BCUT2D eigenvalue weighted by Crippen LogP contribution is 2.58. The monoisotopic (exact) mass is 587 g/mol. The van der Waals surface area contributed by atoms with Crippen molar-refractivity contribution in [1.29, 1.82) is 0 Å². The van der Waals surface area contributed by atoms with E-state index in [2.05, 4.69) is 109 Å². The number of fused-ring (bicyclic) bond motifs is 1. The molecular formula is C33H35BrNO2P. The van der Waals surface area contributed by atoms with Gasteiger partial charge in [0.2, 0.25) is 0 Å². The maximum atomic E-state index is 12.8. The van der Waals surface area contributed by atoms with Crippen molar-refractivity contribution >= 4 is 29.3 Å². The van der Waals surface area contributed by atoms with Crippen LogP contribution in [0.2, 0.25) is 0 Å². The van der Waals surface area contributed by atoms with Crippen molar-refractivity contribution in [1.82, 2.24) is 4.90 Å². The average molecular weight is 589 g/mol. The summed E-state index contributed by atoms with van der Waals surface area (Å²) in [5, 5.41) is 4.16. The summed E-state index contributed by atoms with van der Waals surface area (Å²) in [6.07, 6.45) is 1.55. The van der Waals surface area contributed by atoms with Crippen LogP contribution in [0.3, 0.4) is 0 Å². The quantitative estimate of drug-likeness (QED) is 0.335. The minimum Gasteiger partial charge on any atom is -1.00 e. The summed E-state index contributed by atoms with van der Waals surface area (Å²) in [7, 11) is -1.99. The van der Waals surface area contributed by atoms with Crippen LogP contribution >= 0.6 is 7.26 Å². The molecule has 0 saturated carbocycles. The number of carbonyl (C=O) groups is 1. The van der Waals surface area contributed by atoms with Gasteiger partial charge in [0.05, 0.1) is 6.16 Å².